The maximum Gasteiger partial charge on any atom is 0.134 e. The van der Waals surface area contributed by atoms with Crippen LogP contribution in [0.2, 0.25) is 0 Å². The van der Waals surface area contributed by atoms with Crippen molar-refractivity contribution >= 4 is 54.7 Å². The van der Waals surface area contributed by atoms with Gasteiger partial charge in [0.1, 0.15) is 11.3 Å². The minimum atomic E-state index is -0.232. The van der Waals surface area contributed by atoms with Crippen LogP contribution in [0.5, 0.6) is 0 Å². The fraction of sp³-hybridized carbons (Fsp3) is 0.0909. The number of rotatable bonds is 3. The lowest BCUT2D eigenvalue weighted by molar-refractivity contribution is 0.465. The number of benzene rings is 5. The van der Waals surface area contributed by atoms with Gasteiger partial charge >= 0.3 is 0 Å². The summed E-state index contributed by atoms with van der Waals surface area (Å²) in [6.07, 6.45) is 0. The molecule has 0 radical (unpaired) electrons. The second-order valence-corrected chi connectivity index (χ2v) is 10.9. The van der Waals surface area contributed by atoms with Crippen LogP contribution in [0.15, 0.2) is 118 Å². The van der Waals surface area contributed by atoms with Crippen molar-refractivity contribution in [3.8, 4) is 11.1 Å². The van der Waals surface area contributed by atoms with Crippen LogP contribution in [0.3, 0.4) is 0 Å². The molecule has 1 aliphatic rings. The van der Waals surface area contributed by atoms with Gasteiger partial charge in [-0.15, -0.1) is 0 Å². The van der Waals surface area contributed by atoms with Gasteiger partial charge in [0.15, 0.2) is 0 Å². The summed E-state index contributed by atoms with van der Waals surface area (Å²) in [6.45, 7) is 4.54. The summed E-state index contributed by atoms with van der Waals surface area (Å²) in [5.74, 6) is 1.05. The lowest BCUT2D eigenvalue weighted by Gasteiger charge is -2.28. The van der Waals surface area contributed by atoms with Crippen molar-refractivity contribution in [2.45, 2.75) is 19.3 Å². The monoisotopic (exact) mass is 529 g/mol. The molecule has 0 spiro atoms. The summed E-state index contributed by atoms with van der Waals surface area (Å²) in [6, 6.07) is 38.9. The summed E-state index contributed by atoms with van der Waals surface area (Å²) in [5, 5.41) is 3.63. The Morgan fingerprint density at radius 3 is 2.22 bits per heavy atom. The summed E-state index contributed by atoms with van der Waals surface area (Å²) in [7, 11) is 0. The number of nitrogens with zero attached hydrogens (tertiary/aromatic N) is 1. The first-order chi connectivity index (χ1) is 17.5. The molecule has 0 saturated carbocycles. The number of halogens is 1. The molecular weight excluding hydrogens is 506 g/mol. The average Bonchev–Trinajstić information content (AvgIpc) is 3.39. The lowest BCUT2D eigenvalue weighted by atomic mass is 9.85. The van der Waals surface area contributed by atoms with E-state index in [0.717, 1.165) is 32.9 Å². The highest BCUT2D eigenvalue weighted by Gasteiger charge is 2.41. The van der Waals surface area contributed by atoms with E-state index in [4.69, 9.17) is 4.42 Å². The molecule has 36 heavy (non-hydrogen) atoms. The number of hydrogen-bond donors (Lipinski definition) is 0. The Hall–Kier alpha value is -3.82. The van der Waals surface area contributed by atoms with E-state index in [2.05, 4.69) is 138 Å². The van der Waals surface area contributed by atoms with Crippen molar-refractivity contribution in [1.82, 2.24) is 0 Å². The molecule has 1 aliphatic carbocycles. The first-order valence-corrected chi connectivity index (χ1v) is 13.0. The minimum absolute atomic E-state index is 0.232. The third-order valence-corrected chi connectivity index (χ3v) is 7.99. The second kappa shape index (κ2) is 7.84. The molecule has 2 nitrogen and oxygen atoms in total. The van der Waals surface area contributed by atoms with Crippen LogP contribution >= 0.6 is 15.9 Å². The van der Waals surface area contributed by atoms with Gasteiger partial charge in [0.2, 0.25) is 0 Å². The zero-order valence-electron chi connectivity index (χ0n) is 20.1. The molecule has 0 bridgehead atoms. The number of furan rings is 1. The molecule has 1 aromatic heterocycles. The first-order valence-electron chi connectivity index (χ1n) is 12.2. The third-order valence-electron chi connectivity index (χ3n) is 7.46. The van der Waals surface area contributed by atoms with Gasteiger partial charge in [-0.05, 0) is 78.9 Å². The molecule has 0 aliphatic heterocycles. The van der Waals surface area contributed by atoms with Crippen molar-refractivity contribution in [1.29, 1.82) is 0 Å². The summed E-state index contributed by atoms with van der Waals surface area (Å²) in [5.41, 5.74) is 7.93. The highest BCUT2D eigenvalue weighted by atomic mass is 79.9. The quantitative estimate of drug-likeness (QED) is 0.226. The number of anilines is 3. The van der Waals surface area contributed by atoms with E-state index in [0.29, 0.717) is 0 Å². The molecule has 0 amide bonds. The Balaban J connectivity index is 1.47. The van der Waals surface area contributed by atoms with E-state index < -0.39 is 0 Å². The normalized spacial score (nSPS) is 13.6. The molecule has 0 fully saturated rings. The van der Waals surface area contributed by atoms with Gasteiger partial charge < -0.3 is 9.32 Å². The van der Waals surface area contributed by atoms with Crippen molar-refractivity contribution in [2.24, 2.45) is 0 Å². The van der Waals surface area contributed by atoms with Crippen molar-refractivity contribution < 1.29 is 4.42 Å². The van der Waals surface area contributed by atoms with Crippen LogP contribution in [-0.4, -0.2) is 0 Å². The molecule has 7 rings (SSSR count). The summed E-state index contributed by atoms with van der Waals surface area (Å²) < 4.78 is 7.50. The molecule has 5 aromatic carbocycles. The van der Waals surface area contributed by atoms with Gasteiger partial charge in [-0.1, -0.05) is 76.6 Å². The number of para-hydroxylation sites is 1. The largest absolute Gasteiger partial charge is 0.459 e. The number of hydrogen-bond acceptors (Lipinski definition) is 2. The van der Waals surface area contributed by atoms with Crippen LogP contribution < -0.4 is 4.90 Å². The summed E-state index contributed by atoms with van der Waals surface area (Å²) in [4.78, 5) is 2.36. The zero-order chi connectivity index (χ0) is 24.4. The van der Waals surface area contributed by atoms with Crippen molar-refractivity contribution in [2.75, 3.05) is 4.90 Å². The summed E-state index contributed by atoms with van der Waals surface area (Å²) >= 11 is 3.61. The van der Waals surface area contributed by atoms with E-state index >= 15 is 0 Å². The van der Waals surface area contributed by atoms with Crippen LogP contribution in [-0.2, 0) is 5.41 Å². The zero-order valence-corrected chi connectivity index (χ0v) is 21.7. The predicted octanol–water partition coefficient (Wildman–Crippen LogP) is 10.1. The molecule has 174 valence electrons. The van der Waals surface area contributed by atoms with Crippen LogP contribution in [0.1, 0.15) is 25.2 Å². The average molecular weight is 530 g/mol. The van der Waals surface area contributed by atoms with E-state index in [-0.39, 0.29) is 5.41 Å². The van der Waals surface area contributed by atoms with Gasteiger partial charge in [0.05, 0.1) is 5.69 Å². The fourth-order valence-electron chi connectivity index (χ4n) is 5.70. The Morgan fingerprint density at radius 1 is 0.694 bits per heavy atom. The Labute approximate surface area is 218 Å². The van der Waals surface area contributed by atoms with Gasteiger partial charge in [0.25, 0.3) is 0 Å². The Morgan fingerprint density at radius 2 is 1.39 bits per heavy atom. The van der Waals surface area contributed by atoms with Gasteiger partial charge in [0, 0.05) is 37.6 Å². The predicted molar refractivity (Wildman–Crippen MR) is 154 cm³/mol. The second-order valence-electron chi connectivity index (χ2n) is 9.97. The molecule has 0 N–H and O–H groups in total. The highest BCUT2D eigenvalue weighted by molar-refractivity contribution is 9.10. The molecule has 0 saturated heterocycles. The maximum atomic E-state index is 6.43. The van der Waals surface area contributed by atoms with E-state index in [1.165, 1.54) is 32.8 Å². The van der Waals surface area contributed by atoms with E-state index in [1.54, 1.807) is 0 Å². The molecule has 3 heteroatoms. The lowest BCUT2D eigenvalue weighted by Crippen LogP contribution is -2.16. The smallest absolute Gasteiger partial charge is 0.134 e. The molecule has 0 atom stereocenters. The van der Waals surface area contributed by atoms with Crippen LogP contribution in [0, 0.1) is 0 Å². The third kappa shape index (κ3) is 3.09. The molecule has 6 aromatic rings. The van der Waals surface area contributed by atoms with Crippen LogP contribution in [0.25, 0.3) is 32.9 Å². The van der Waals surface area contributed by atoms with E-state index in [9.17, 15) is 0 Å². The van der Waals surface area contributed by atoms with Crippen molar-refractivity contribution in [3.05, 3.63) is 125 Å². The minimum Gasteiger partial charge on any atom is -0.459 e. The van der Waals surface area contributed by atoms with Gasteiger partial charge in [-0.3, -0.25) is 0 Å². The fourth-order valence-corrected chi connectivity index (χ4v) is 5.97. The van der Waals surface area contributed by atoms with Crippen LogP contribution in [0.4, 0.5) is 17.1 Å². The standard InChI is InChI=1S/C33H24BrNO/c1-33(2)28-20-24(18-19-26(28)31-27-11-5-6-13-30(27)36-32(31)33)35(23-16-14-22(34)15-17-23)29-12-7-9-21-8-3-4-10-25(21)29/h3-20H,1-2H3. The number of fused-ring (bicyclic) bond motifs is 6. The highest BCUT2D eigenvalue weighted by Crippen LogP contribution is 2.54. The Kier molecular flexibility index (Phi) is 4.67. The maximum absolute atomic E-state index is 6.43. The Bertz CT molecular complexity index is 1770. The van der Waals surface area contributed by atoms with Gasteiger partial charge in [-0.25, -0.2) is 0 Å². The molecular formula is C33H24BrNO. The topological polar surface area (TPSA) is 16.4 Å². The van der Waals surface area contributed by atoms with E-state index in [1.807, 2.05) is 6.07 Å². The van der Waals surface area contributed by atoms with Crippen molar-refractivity contribution in [3.63, 3.8) is 0 Å². The SMILES string of the molecule is CC1(C)c2cc(N(c3ccc(Br)cc3)c3cccc4ccccc34)ccc2-c2c1oc1ccccc21. The molecule has 1 heterocycles. The molecule has 0 unspecified atom stereocenters. The van der Waals surface area contributed by atoms with Gasteiger partial charge in [-0.2, -0.15) is 0 Å². The first kappa shape index (κ1) is 21.5.